The predicted octanol–water partition coefficient (Wildman–Crippen LogP) is 6.73. The zero-order valence-corrected chi connectivity index (χ0v) is 20.6. The summed E-state index contributed by atoms with van der Waals surface area (Å²) in [6.07, 6.45) is 0.0269. The molecular formula is C21H21Br2ClFNO4. The van der Waals surface area contributed by atoms with E-state index in [0.29, 0.717) is 12.4 Å². The van der Waals surface area contributed by atoms with Crippen molar-refractivity contribution in [2.75, 3.05) is 13.2 Å². The van der Waals surface area contributed by atoms with Gasteiger partial charge in [0, 0.05) is 14.5 Å². The van der Waals surface area contributed by atoms with E-state index in [2.05, 4.69) is 36.9 Å². The number of hydrogen-bond donors (Lipinski definition) is 0. The molecular weight excluding hydrogens is 544 g/mol. The summed E-state index contributed by atoms with van der Waals surface area (Å²) in [4.78, 5) is 16.1. The number of carbonyl (C=O) groups is 1. The fraction of sp³-hybridized carbons (Fsp3) is 0.333. The zero-order chi connectivity index (χ0) is 22.3. The Morgan fingerprint density at radius 3 is 2.37 bits per heavy atom. The van der Waals surface area contributed by atoms with E-state index in [9.17, 15) is 4.79 Å². The lowest BCUT2D eigenvalue weighted by Crippen LogP contribution is -2.22. The number of hydrogen-bond acceptors (Lipinski definition) is 5. The molecule has 1 atom stereocenters. The molecule has 5 nitrogen and oxygen atoms in total. The molecule has 0 unspecified atom stereocenters. The van der Waals surface area contributed by atoms with E-state index < -0.39 is 17.8 Å². The summed E-state index contributed by atoms with van der Waals surface area (Å²) in [7, 11) is 0. The minimum absolute atomic E-state index is 0.0269. The average Bonchev–Trinajstić information content (AvgIpc) is 2.67. The molecule has 0 aliphatic heterocycles. The van der Waals surface area contributed by atoms with E-state index >= 15 is 4.39 Å². The highest BCUT2D eigenvalue weighted by Crippen LogP contribution is 2.36. The van der Waals surface area contributed by atoms with E-state index in [1.54, 1.807) is 39.0 Å². The first kappa shape index (κ1) is 24.6. The van der Waals surface area contributed by atoms with Crippen LogP contribution in [0.2, 0.25) is 5.02 Å². The van der Waals surface area contributed by atoms with Gasteiger partial charge in [0.05, 0.1) is 24.7 Å². The first-order valence-electron chi connectivity index (χ1n) is 9.22. The van der Waals surface area contributed by atoms with Gasteiger partial charge in [-0.1, -0.05) is 49.5 Å². The first-order chi connectivity index (χ1) is 14.2. The molecule has 0 bridgehead atoms. The number of carbonyl (C=O) groups excluding carboxylic acids is 1. The summed E-state index contributed by atoms with van der Waals surface area (Å²) in [6, 6.07) is 7.53. The maximum Gasteiger partial charge on any atom is 0.330 e. The third kappa shape index (κ3) is 6.96. The number of esters is 1. The molecule has 0 spiro atoms. The van der Waals surface area contributed by atoms with Crippen molar-refractivity contribution in [2.45, 2.75) is 33.2 Å². The second-order valence-electron chi connectivity index (χ2n) is 6.12. The van der Waals surface area contributed by atoms with E-state index in [1.165, 1.54) is 6.07 Å². The Morgan fingerprint density at radius 2 is 1.77 bits per heavy atom. The van der Waals surface area contributed by atoms with Crippen molar-refractivity contribution in [3.05, 3.63) is 55.7 Å². The second kappa shape index (κ2) is 11.7. The standard InChI is InChI=1S/C21H21Br2ClFNO4/c1-4-28-18(26-12(3)21(27)29-5-2)8-13-6-7-17(24)20(19(13)25)30-16-10-14(22)9-15(23)11-16/h6-7,9-12H,4-5,8H2,1-3H3/b26-18-/t12-/m1/s1. The quantitative estimate of drug-likeness (QED) is 0.202. The lowest BCUT2D eigenvalue weighted by molar-refractivity contribution is -0.144. The molecule has 2 rings (SSSR count). The van der Waals surface area contributed by atoms with Crippen molar-refractivity contribution >= 4 is 55.3 Å². The van der Waals surface area contributed by atoms with Gasteiger partial charge in [0.1, 0.15) is 11.8 Å². The Labute approximate surface area is 196 Å². The van der Waals surface area contributed by atoms with Gasteiger partial charge in [-0.05, 0) is 45.0 Å². The zero-order valence-electron chi connectivity index (χ0n) is 16.7. The molecule has 0 N–H and O–H groups in total. The van der Waals surface area contributed by atoms with Crippen LogP contribution in [0.4, 0.5) is 4.39 Å². The largest absolute Gasteiger partial charge is 0.481 e. The normalized spacial score (nSPS) is 12.4. The lowest BCUT2D eigenvalue weighted by Gasteiger charge is -2.14. The number of nitrogens with zero attached hydrogens (tertiary/aromatic N) is 1. The van der Waals surface area contributed by atoms with Crippen LogP contribution in [-0.2, 0) is 20.7 Å². The van der Waals surface area contributed by atoms with Crippen molar-refractivity contribution in [3.63, 3.8) is 0 Å². The van der Waals surface area contributed by atoms with Crippen LogP contribution in [0.1, 0.15) is 26.3 Å². The van der Waals surface area contributed by atoms with E-state index in [4.69, 9.17) is 25.8 Å². The Balaban J connectivity index is 2.32. The van der Waals surface area contributed by atoms with Gasteiger partial charge in [-0.3, -0.25) is 0 Å². The highest BCUT2D eigenvalue weighted by atomic mass is 79.9. The van der Waals surface area contributed by atoms with Gasteiger partial charge in [-0.25, -0.2) is 14.2 Å². The summed E-state index contributed by atoms with van der Waals surface area (Å²) in [5, 5.41) is 0.127. The molecule has 0 saturated carbocycles. The van der Waals surface area contributed by atoms with Crippen molar-refractivity contribution in [3.8, 4) is 11.5 Å². The average molecular weight is 566 g/mol. The molecule has 0 heterocycles. The Morgan fingerprint density at radius 1 is 1.13 bits per heavy atom. The van der Waals surface area contributed by atoms with Gasteiger partial charge >= 0.3 is 5.97 Å². The van der Waals surface area contributed by atoms with Crippen LogP contribution in [0.15, 0.2) is 44.3 Å². The molecule has 162 valence electrons. The Hall–Kier alpha value is -1.64. The van der Waals surface area contributed by atoms with E-state index in [1.807, 2.05) is 6.07 Å². The molecule has 0 fully saturated rings. The van der Waals surface area contributed by atoms with Crippen molar-refractivity contribution < 1.29 is 23.4 Å². The van der Waals surface area contributed by atoms with Crippen LogP contribution in [-0.4, -0.2) is 31.1 Å². The summed E-state index contributed by atoms with van der Waals surface area (Å²) in [6.45, 7) is 5.66. The van der Waals surface area contributed by atoms with Gasteiger partial charge in [0.2, 0.25) is 0 Å². The molecule has 9 heteroatoms. The monoisotopic (exact) mass is 563 g/mol. The third-order valence-corrected chi connectivity index (χ3v) is 5.02. The van der Waals surface area contributed by atoms with Crippen LogP contribution in [0.3, 0.4) is 0 Å². The molecule has 0 aliphatic rings. The number of halogens is 4. The van der Waals surface area contributed by atoms with Crippen LogP contribution < -0.4 is 4.74 Å². The van der Waals surface area contributed by atoms with Crippen LogP contribution in [0.25, 0.3) is 0 Å². The van der Waals surface area contributed by atoms with Gasteiger partial charge in [0.15, 0.2) is 17.5 Å². The molecule has 0 aromatic heterocycles. The van der Waals surface area contributed by atoms with Gasteiger partial charge in [-0.2, -0.15) is 0 Å². The van der Waals surface area contributed by atoms with Gasteiger partial charge in [-0.15, -0.1) is 0 Å². The number of ether oxygens (including phenoxy) is 3. The summed E-state index contributed by atoms with van der Waals surface area (Å²) < 4.78 is 32.9. The highest BCUT2D eigenvalue weighted by molar-refractivity contribution is 9.11. The van der Waals surface area contributed by atoms with Crippen molar-refractivity contribution in [2.24, 2.45) is 4.99 Å². The number of rotatable bonds is 8. The lowest BCUT2D eigenvalue weighted by atomic mass is 10.1. The maximum atomic E-state index is 15.2. The number of aliphatic imine (C=N–C) groups is 1. The second-order valence-corrected chi connectivity index (χ2v) is 8.36. The molecule has 2 aromatic rings. The van der Waals surface area contributed by atoms with E-state index in [-0.39, 0.29) is 35.3 Å². The molecule has 2 aromatic carbocycles. The minimum atomic E-state index is -0.767. The first-order valence-corrected chi connectivity index (χ1v) is 11.2. The summed E-state index contributed by atoms with van der Waals surface area (Å²) in [5.41, 5.74) is 0.270. The van der Waals surface area contributed by atoms with Gasteiger partial charge < -0.3 is 14.2 Å². The summed E-state index contributed by atoms with van der Waals surface area (Å²) >= 11 is 12.9. The predicted molar refractivity (Wildman–Crippen MR) is 122 cm³/mol. The van der Waals surface area contributed by atoms with Crippen LogP contribution in [0.5, 0.6) is 11.5 Å². The van der Waals surface area contributed by atoms with Crippen molar-refractivity contribution in [1.29, 1.82) is 0 Å². The maximum absolute atomic E-state index is 15.2. The molecule has 0 saturated heterocycles. The molecule has 0 radical (unpaired) electrons. The topological polar surface area (TPSA) is 57.1 Å². The molecule has 0 amide bonds. The smallest absolute Gasteiger partial charge is 0.330 e. The van der Waals surface area contributed by atoms with Crippen LogP contribution in [0, 0.1) is 5.82 Å². The fourth-order valence-corrected chi connectivity index (χ4v) is 3.94. The molecule has 0 aliphatic carbocycles. The van der Waals surface area contributed by atoms with E-state index in [0.717, 1.165) is 8.95 Å². The van der Waals surface area contributed by atoms with Gasteiger partial charge in [0.25, 0.3) is 0 Å². The molecule has 30 heavy (non-hydrogen) atoms. The highest BCUT2D eigenvalue weighted by Gasteiger charge is 2.19. The fourth-order valence-electron chi connectivity index (χ4n) is 2.50. The van der Waals surface area contributed by atoms with Crippen LogP contribution >= 0.6 is 43.5 Å². The Kier molecular flexibility index (Phi) is 9.58. The SMILES string of the molecule is CCOC(=O)[C@@H](C)/N=C(/Cc1ccc(Cl)c(Oc2cc(Br)cc(Br)c2)c1F)OCC. The number of benzene rings is 2. The Bertz CT molecular complexity index is 919. The minimum Gasteiger partial charge on any atom is -0.481 e. The summed E-state index contributed by atoms with van der Waals surface area (Å²) in [5.74, 6) is -0.585. The van der Waals surface area contributed by atoms with Crippen molar-refractivity contribution in [1.82, 2.24) is 0 Å². The third-order valence-electron chi connectivity index (χ3n) is 3.80.